The number of imidazole rings is 1. The van der Waals surface area contributed by atoms with Crippen LogP contribution in [-0.2, 0) is 4.79 Å². The van der Waals surface area contributed by atoms with Crippen LogP contribution in [0.2, 0.25) is 0 Å². The highest BCUT2D eigenvalue weighted by atomic mass is 16.2. The first kappa shape index (κ1) is 10.9. The number of nitrogens with zero attached hydrogens (tertiary/aromatic N) is 3. The van der Waals surface area contributed by atoms with Crippen LogP contribution in [0.1, 0.15) is 11.9 Å². The SMILES string of the molecule is C=CC(=O)N1CCN(C)C(c2ncc[nH]2)C1. The van der Waals surface area contributed by atoms with Crippen LogP contribution >= 0.6 is 0 Å². The third-order valence-corrected chi connectivity index (χ3v) is 2.97. The lowest BCUT2D eigenvalue weighted by atomic mass is 10.1. The number of aromatic amines is 1. The molecule has 1 unspecified atom stereocenters. The first-order valence-electron chi connectivity index (χ1n) is 5.33. The molecular weight excluding hydrogens is 204 g/mol. The Kier molecular flexibility index (Phi) is 3.05. The minimum atomic E-state index is -0.00958. The van der Waals surface area contributed by atoms with E-state index in [1.54, 1.807) is 17.3 Å². The van der Waals surface area contributed by atoms with Crippen molar-refractivity contribution in [3.05, 3.63) is 30.9 Å². The van der Waals surface area contributed by atoms with Gasteiger partial charge in [-0.25, -0.2) is 4.98 Å². The number of piperazine rings is 1. The Hall–Kier alpha value is -1.62. The fourth-order valence-electron chi connectivity index (χ4n) is 1.96. The number of carbonyl (C=O) groups excluding carboxylic acids is 1. The molecule has 2 heterocycles. The molecule has 0 aromatic carbocycles. The van der Waals surface area contributed by atoms with Crippen molar-refractivity contribution in [2.75, 3.05) is 26.7 Å². The molecule has 0 aliphatic carbocycles. The van der Waals surface area contributed by atoms with Gasteiger partial charge in [-0.05, 0) is 13.1 Å². The molecule has 1 saturated heterocycles. The van der Waals surface area contributed by atoms with Gasteiger partial charge in [0.15, 0.2) is 0 Å². The van der Waals surface area contributed by atoms with Gasteiger partial charge >= 0.3 is 0 Å². The molecule has 2 rings (SSSR count). The topological polar surface area (TPSA) is 52.2 Å². The third-order valence-electron chi connectivity index (χ3n) is 2.97. The number of amides is 1. The molecule has 1 atom stereocenters. The summed E-state index contributed by atoms with van der Waals surface area (Å²) in [6.07, 6.45) is 4.90. The highest BCUT2D eigenvalue weighted by Gasteiger charge is 2.28. The Balaban J connectivity index is 2.12. The molecule has 0 bridgehead atoms. The molecule has 1 aromatic rings. The van der Waals surface area contributed by atoms with Crippen molar-refractivity contribution in [2.45, 2.75) is 6.04 Å². The van der Waals surface area contributed by atoms with E-state index in [1.165, 1.54) is 6.08 Å². The van der Waals surface area contributed by atoms with Gasteiger partial charge in [0, 0.05) is 32.0 Å². The lowest BCUT2D eigenvalue weighted by molar-refractivity contribution is -0.128. The van der Waals surface area contributed by atoms with E-state index in [9.17, 15) is 4.79 Å². The lowest BCUT2D eigenvalue weighted by Gasteiger charge is -2.38. The number of hydrogen-bond donors (Lipinski definition) is 1. The van der Waals surface area contributed by atoms with E-state index >= 15 is 0 Å². The van der Waals surface area contributed by atoms with Crippen molar-refractivity contribution in [2.24, 2.45) is 0 Å². The van der Waals surface area contributed by atoms with E-state index in [0.29, 0.717) is 6.54 Å². The number of likely N-dealkylation sites (N-methyl/N-ethyl adjacent to an activating group) is 1. The zero-order chi connectivity index (χ0) is 11.5. The summed E-state index contributed by atoms with van der Waals surface area (Å²) in [5.74, 6) is 0.897. The molecule has 1 aromatic heterocycles. The first-order chi connectivity index (χ1) is 7.72. The predicted octanol–water partition coefficient (Wildman–Crippen LogP) is 0.411. The van der Waals surface area contributed by atoms with Crippen molar-refractivity contribution >= 4 is 5.91 Å². The monoisotopic (exact) mass is 220 g/mol. The van der Waals surface area contributed by atoms with Gasteiger partial charge in [0.25, 0.3) is 0 Å². The van der Waals surface area contributed by atoms with Gasteiger partial charge in [-0.1, -0.05) is 6.58 Å². The predicted molar refractivity (Wildman–Crippen MR) is 60.7 cm³/mol. The van der Waals surface area contributed by atoms with Gasteiger partial charge in [0.1, 0.15) is 5.82 Å². The maximum Gasteiger partial charge on any atom is 0.246 e. The fraction of sp³-hybridized carbons (Fsp3) is 0.455. The Morgan fingerprint density at radius 1 is 1.69 bits per heavy atom. The molecule has 1 amide bonds. The van der Waals surface area contributed by atoms with E-state index in [0.717, 1.165) is 18.9 Å². The molecule has 86 valence electrons. The Morgan fingerprint density at radius 3 is 3.12 bits per heavy atom. The van der Waals surface area contributed by atoms with Crippen molar-refractivity contribution in [3.63, 3.8) is 0 Å². The number of nitrogens with one attached hydrogen (secondary N) is 1. The van der Waals surface area contributed by atoms with Crippen LogP contribution in [0.15, 0.2) is 25.0 Å². The summed E-state index contributed by atoms with van der Waals surface area (Å²) < 4.78 is 0. The minimum absolute atomic E-state index is 0.00958. The lowest BCUT2D eigenvalue weighted by Crippen LogP contribution is -2.48. The Bertz CT molecular complexity index is 373. The molecule has 1 fully saturated rings. The average Bonchev–Trinajstić information content (AvgIpc) is 2.82. The third kappa shape index (κ3) is 1.99. The van der Waals surface area contributed by atoms with Crippen molar-refractivity contribution in [1.29, 1.82) is 0 Å². The summed E-state index contributed by atoms with van der Waals surface area (Å²) in [5, 5.41) is 0. The molecular formula is C11H16N4O. The smallest absolute Gasteiger partial charge is 0.246 e. The zero-order valence-electron chi connectivity index (χ0n) is 9.39. The summed E-state index contributed by atoms with van der Waals surface area (Å²) in [6, 6.07) is 0.146. The highest BCUT2D eigenvalue weighted by Crippen LogP contribution is 2.20. The fourth-order valence-corrected chi connectivity index (χ4v) is 1.96. The molecule has 5 nitrogen and oxygen atoms in total. The molecule has 0 saturated carbocycles. The molecule has 0 spiro atoms. The van der Waals surface area contributed by atoms with Gasteiger partial charge in [-0.3, -0.25) is 9.69 Å². The van der Waals surface area contributed by atoms with E-state index in [-0.39, 0.29) is 11.9 Å². The average molecular weight is 220 g/mol. The molecule has 16 heavy (non-hydrogen) atoms. The summed E-state index contributed by atoms with van der Waals surface area (Å²) in [5.41, 5.74) is 0. The van der Waals surface area contributed by atoms with Crippen molar-refractivity contribution < 1.29 is 4.79 Å². The molecule has 1 N–H and O–H groups in total. The standard InChI is InChI=1S/C11H16N4O/c1-3-10(16)15-7-6-14(2)9(8-15)11-12-4-5-13-11/h3-5,9H,1,6-8H2,2H3,(H,12,13). The first-order valence-corrected chi connectivity index (χ1v) is 5.33. The number of hydrogen-bond acceptors (Lipinski definition) is 3. The number of rotatable bonds is 2. The molecule has 1 aliphatic rings. The van der Waals surface area contributed by atoms with Crippen LogP contribution < -0.4 is 0 Å². The van der Waals surface area contributed by atoms with Crippen molar-refractivity contribution in [1.82, 2.24) is 19.8 Å². The van der Waals surface area contributed by atoms with E-state index in [4.69, 9.17) is 0 Å². The van der Waals surface area contributed by atoms with Gasteiger partial charge in [-0.2, -0.15) is 0 Å². The van der Waals surface area contributed by atoms with Crippen LogP contribution in [0.25, 0.3) is 0 Å². The number of aromatic nitrogens is 2. The maximum atomic E-state index is 11.5. The van der Waals surface area contributed by atoms with Crippen molar-refractivity contribution in [3.8, 4) is 0 Å². The van der Waals surface area contributed by atoms with Crippen LogP contribution in [0.3, 0.4) is 0 Å². The van der Waals surface area contributed by atoms with E-state index in [2.05, 4.69) is 21.4 Å². The van der Waals surface area contributed by atoms with Gasteiger partial charge in [-0.15, -0.1) is 0 Å². The summed E-state index contributed by atoms with van der Waals surface area (Å²) in [6.45, 7) is 5.78. The molecule has 0 radical (unpaired) electrons. The van der Waals surface area contributed by atoms with Gasteiger partial charge < -0.3 is 9.88 Å². The molecule has 5 heteroatoms. The maximum absolute atomic E-state index is 11.5. The Morgan fingerprint density at radius 2 is 2.50 bits per heavy atom. The highest BCUT2D eigenvalue weighted by molar-refractivity contribution is 5.87. The van der Waals surface area contributed by atoms with Crippen LogP contribution in [0.5, 0.6) is 0 Å². The second-order valence-electron chi connectivity index (χ2n) is 3.96. The quantitative estimate of drug-likeness (QED) is 0.734. The van der Waals surface area contributed by atoms with E-state index < -0.39 is 0 Å². The minimum Gasteiger partial charge on any atom is -0.347 e. The van der Waals surface area contributed by atoms with Crippen LogP contribution in [0, 0.1) is 0 Å². The summed E-state index contributed by atoms with van der Waals surface area (Å²) in [4.78, 5) is 22.9. The second-order valence-corrected chi connectivity index (χ2v) is 3.96. The van der Waals surface area contributed by atoms with Gasteiger partial charge in [0.2, 0.25) is 5.91 Å². The normalized spacial score (nSPS) is 22.1. The second kappa shape index (κ2) is 4.49. The largest absolute Gasteiger partial charge is 0.347 e. The number of carbonyl (C=O) groups is 1. The van der Waals surface area contributed by atoms with E-state index in [1.807, 2.05) is 7.05 Å². The summed E-state index contributed by atoms with van der Waals surface area (Å²) >= 11 is 0. The zero-order valence-corrected chi connectivity index (χ0v) is 9.39. The molecule has 1 aliphatic heterocycles. The Labute approximate surface area is 94.8 Å². The van der Waals surface area contributed by atoms with Gasteiger partial charge in [0.05, 0.1) is 6.04 Å². The number of H-pyrrole nitrogens is 1. The van der Waals surface area contributed by atoms with Crippen LogP contribution in [0.4, 0.5) is 0 Å². The van der Waals surface area contributed by atoms with Crippen LogP contribution in [-0.4, -0.2) is 52.4 Å². The summed E-state index contributed by atoms with van der Waals surface area (Å²) in [7, 11) is 2.04.